The van der Waals surface area contributed by atoms with E-state index in [1.165, 1.54) is 0 Å². The molecule has 0 amide bonds. The van der Waals surface area contributed by atoms with Gasteiger partial charge in [-0.2, -0.15) is 0 Å². The second-order valence-electron chi connectivity index (χ2n) is 3.93. The number of unbranched alkanes of at least 4 members (excludes halogenated alkanes) is 1. The Bertz CT molecular complexity index is 201. The maximum atomic E-state index is 11.5. The summed E-state index contributed by atoms with van der Waals surface area (Å²) in [7, 11) is 0. The first-order chi connectivity index (χ1) is 6.77. The Labute approximate surface area is 84.8 Å². The summed E-state index contributed by atoms with van der Waals surface area (Å²) >= 11 is 0. The van der Waals surface area contributed by atoms with Gasteiger partial charge in [-0.15, -0.1) is 0 Å². The van der Waals surface area contributed by atoms with E-state index >= 15 is 0 Å². The lowest BCUT2D eigenvalue weighted by Gasteiger charge is -2.26. The molecule has 3 heteroatoms. The first-order valence-electron chi connectivity index (χ1n) is 5.39. The third-order valence-corrected chi connectivity index (χ3v) is 2.87. The highest BCUT2D eigenvalue weighted by molar-refractivity contribution is 5.81. The zero-order valence-corrected chi connectivity index (χ0v) is 8.70. The molecule has 0 aromatic carbocycles. The predicted molar refractivity (Wildman–Crippen MR) is 52.8 cm³/mol. The molecule has 1 aliphatic carbocycles. The number of carbonyl (C=O) groups excluding carboxylic acids is 2. The lowest BCUT2D eigenvalue weighted by molar-refractivity contribution is -0.140. The van der Waals surface area contributed by atoms with Crippen LogP contribution in [0.25, 0.3) is 0 Å². The molecule has 3 nitrogen and oxygen atoms in total. The molecule has 80 valence electrons. The van der Waals surface area contributed by atoms with Gasteiger partial charge in [0.1, 0.15) is 11.9 Å². The van der Waals surface area contributed by atoms with Crippen LogP contribution >= 0.6 is 0 Å². The SMILES string of the molecule is CCCCC1CC(OC=O)CCC1=O. The van der Waals surface area contributed by atoms with Crippen molar-refractivity contribution < 1.29 is 14.3 Å². The largest absolute Gasteiger partial charge is 0.465 e. The van der Waals surface area contributed by atoms with Crippen molar-refractivity contribution in [1.29, 1.82) is 0 Å². The Hall–Kier alpha value is -0.860. The molecule has 0 heterocycles. The lowest BCUT2D eigenvalue weighted by atomic mass is 9.83. The number of hydrogen-bond acceptors (Lipinski definition) is 3. The van der Waals surface area contributed by atoms with E-state index in [1.54, 1.807) is 0 Å². The molecule has 2 atom stereocenters. The van der Waals surface area contributed by atoms with E-state index in [-0.39, 0.29) is 12.0 Å². The molecular formula is C11H18O3. The minimum Gasteiger partial charge on any atom is -0.465 e. The van der Waals surface area contributed by atoms with Crippen LogP contribution in [0.5, 0.6) is 0 Å². The number of hydrogen-bond donors (Lipinski definition) is 0. The second-order valence-corrected chi connectivity index (χ2v) is 3.93. The van der Waals surface area contributed by atoms with Crippen molar-refractivity contribution in [3.63, 3.8) is 0 Å². The van der Waals surface area contributed by atoms with E-state index in [4.69, 9.17) is 4.74 Å². The Balaban J connectivity index is 2.38. The van der Waals surface area contributed by atoms with Crippen LogP contribution in [-0.4, -0.2) is 18.4 Å². The molecule has 0 bridgehead atoms. The Morgan fingerprint density at radius 3 is 3.00 bits per heavy atom. The highest BCUT2D eigenvalue weighted by atomic mass is 16.5. The fourth-order valence-corrected chi connectivity index (χ4v) is 2.01. The number of Topliss-reactive ketones (excluding diaryl/α,β-unsaturated/α-hetero) is 1. The Morgan fingerprint density at radius 1 is 1.57 bits per heavy atom. The molecule has 1 fully saturated rings. The van der Waals surface area contributed by atoms with Crippen LogP contribution in [0.1, 0.15) is 45.4 Å². The molecule has 0 spiro atoms. The summed E-state index contributed by atoms with van der Waals surface area (Å²) < 4.78 is 4.91. The van der Waals surface area contributed by atoms with E-state index in [1.807, 2.05) is 0 Å². The van der Waals surface area contributed by atoms with Crippen molar-refractivity contribution in [2.45, 2.75) is 51.6 Å². The van der Waals surface area contributed by atoms with Crippen LogP contribution < -0.4 is 0 Å². The normalized spacial score (nSPS) is 27.4. The third kappa shape index (κ3) is 3.13. The van der Waals surface area contributed by atoms with E-state index < -0.39 is 0 Å². The minimum absolute atomic E-state index is 0.0212. The molecular weight excluding hydrogens is 180 g/mol. The Morgan fingerprint density at radius 2 is 2.36 bits per heavy atom. The average molecular weight is 198 g/mol. The number of carbonyl (C=O) groups is 2. The molecule has 14 heavy (non-hydrogen) atoms. The van der Waals surface area contributed by atoms with E-state index in [0.29, 0.717) is 25.1 Å². The van der Waals surface area contributed by atoms with Gasteiger partial charge in [-0.3, -0.25) is 9.59 Å². The molecule has 1 saturated carbocycles. The van der Waals surface area contributed by atoms with Gasteiger partial charge in [0.2, 0.25) is 0 Å². The van der Waals surface area contributed by atoms with Gasteiger partial charge in [0.15, 0.2) is 0 Å². The first-order valence-corrected chi connectivity index (χ1v) is 5.39. The smallest absolute Gasteiger partial charge is 0.293 e. The average Bonchev–Trinajstić information content (AvgIpc) is 2.19. The monoisotopic (exact) mass is 198 g/mol. The van der Waals surface area contributed by atoms with Gasteiger partial charge in [0, 0.05) is 12.3 Å². The maximum Gasteiger partial charge on any atom is 0.293 e. The van der Waals surface area contributed by atoms with Crippen LogP contribution in [-0.2, 0) is 14.3 Å². The van der Waals surface area contributed by atoms with Crippen LogP contribution in [0.2, 0.25) is 0 Å². The van der Waals surface area contributed by atoms with Gasteiger partial charge < -0.3 is 4.74 Å². The van der Waals surface area contributed by atoms with Gasteiger partial charge in [-0.05, 0) is 19.3 Å². The standard InChI is InChI=1S/C11H18O3/c1-2-3-4-9-7-10(14-8-12)5-6-11(9)13/h8-10H,2-7H2,1H3. The van der Waals surface area contributed by atoms with E-state index in [2.05, 4.69) is 6.92 Å². The summed E-state index contributed by atoms with van der Waals surface area (Å²) in [6.45, 7) is 2.62. The first kappa shape index (κ1) is 11.2. The molecule has 0 radical (unpaired) electrons. The topological polar surface area (TPSA) is 43.4 Å². The van der Waals surface area contributed by atoms with Crippen molar-refractivity contribution in [1.82, 2.24) is 0 Å². The predicted octanol–water partition coefficient (Wildman–Crippen LogP) is 2.09. The van der Waals surface area contributed by atoms with Crippen molar-refractivity contribution in [3.05, 3.63) is 0 Å². The Kier molecular flexibility index (Phi) is 4.63. The van der Waals surface area contributed by atoms with Gasteiger partial charge in [0.25, 0.3) is 6.47 Å². The molecule has 1 rings (SSSR count). The van der Waals surface area contributed by atoms with Crippen molar-refractivity contribution in [3.8, 4) is 0 Å². The quantitative estimate of drug-likeness (QED) is 0.635. The zero-order valence-electron chi connectivity index (χ0n) is 8.70. The van der Waals surface area contributed by atoms with Crippen LogP contribution in [0, 0.1) is 5.92 Å². The summed E-state index contributed by atoms with van der Waals surface area (Å²) in [5.74, 6) is 0.484. The molecule has 0 aromatic rings. The van der Waals surface area contributed by atoms with Crippen molar-refractivity contribution in [2.75, 3.05) is 0 Å². The number of ether oxygens (including phenoxy) is 1. The number of rotatable bonds is 5. The summed E-state index contributed by atoms with van der Waals surface area (Å²) in [5.41, 5.74) is 0. The molecule has 0 saturated heterocycles. The highest BCUT2D eigenvalue weighted by Crippen LogP contribution is 2.26. The van der Waals surface area contributed by atoms with Gasteiger partial charge in [-0.25, -0.2) is 0 Å². The molecule has 0 N–H and O–H groups in total. The minimum atomic E-state index is -0.0212. The van der Waals surface area contributed by atoms with Crippen LogP contribution in [0.15, 0.2) is 0 Å². The number of ketones is 1. The van der Waals surface area contributed by atoms with E-state index in [0.717, 1.165) is 25.7 Å². The lowest BCUT2D eigenvalue weighted by Crippen LogP contribution is -2.29. The van der Waals surface area contributed by atoms with Crippen molar-refractivity contribution >= 4 is 12.3 Å². The van der Waals surface area contributed by atoms with Gasteiger partial charge in [0.05, 0.1) is 0 Å². The fourth-order valence-electron chi connectivity index (χ4n) is 2.01. The van der Waals surface area contributed by atoms with E-state index in [9.17, 15) is 9.59 Å². The fraction of sp³-hybridized carbons (Fsp3) is 0.818. The molecule has 0 aromatic heterocycles. The van der Waals surface area contributed by atoms with Crippen molar-refractivity contribution in [2.24, 2.45) is 5.92 Å². The second kappa shape index (κ2) is 5.78. The summed E-state index contributed by atoms with van der Waals surface area (Å²) in [6.07, 6.45) is 5.15. The molecule has 0 aliphatic heterocycles. The highest BCUT2D eigenvalue weighted by Gasteiger charge is 2.28. The zero-order chi connectivity index (χ0) is 10.4. The maximum absolute atomic E-state index is 11.5. The molecule has 2 unspecified atom stereocenters. The van der Waals surface area contributed by atoms with Crippen LogP contribution in [0.4, 0.5) is 0 Å². The van der Waals surface area contributed by atoms with Gasteiger partial charge >= 0.3 is 0 Å². The summed E-state index contributed by atoms with van der Waals surface area (Å²) in [4.78, 5) is 21.7. The molecule has 1 aliphatic rings. The van der Waals surface area contributed by atoms with Gasteiger partial charge in [-0.1, -0.05) is 19.8 Å². The van der Waals surface area contributed by atoms with Crippen LogP contribution in [0.3, 0.4) is 0 Å². The summed E-state index contributed by atoms with van der Waals surface area (Å²) in [6, 6.07) is 0. The summed E-state index contributed by atoms with van der Waals surface area (Å²) in [5, 5.41) is 0. The third-order valence-electron chi connectivity index (χ3n) is 2.87.